The van der Waals surface area contributed by atoms with Gasteiger partial charge in [0.2, 0.25) is 0 Å². The molecule has 0 aromatic heterocycles. The van der Waals surface area contributed by atoms with E-state index in [9.17, 15) is 14.7 Å². The number of aliphatic hydroxyl groups excluding tert-OH is 1. The number of ether oxygens (including phenoxy) is 2. The summed E-state index contributed by atoms with van der Waals surface area (Å²) in [7, 11) is 0. The second-order valence-corrected chi connectivity index (χ2v) is 20.7. The summed E-state index contributed by atoms with van der Waals surface area (Å²) in [4.78, 5) is 24.6. The molecular formula is C71H118O5. The van der Waals surface area contributed by atoms with Gasteiger partial charge >= 0.3 is 11.9 Å². The van der Waals surface area contributed by atoms with Crippen molar-refractivity contribution in [2.75, 3.05) is 13.2 Å². The molecule has 0 aromatic rings. The van der Waals surface area contributed by atoms with Crippen LogP contribution in [-0.2, 0) is 19.1 Å². The van der Waals surface area contributed by atoms with Gasteiger partial charge in [0.25, 0.3) is 0 Å². The zero-order valence-corrected chi connectivity index (χ0v) is 49.5. The number of rotatable bonds is 57. The van der Waals surface area contributed by atoms with Crippen molar-refractivity contribution in [3.05, 3.63) is 134 Å². The minimum atomic E-state index is -0.783. The van der Waals surface area contributed by atoms with Crippen LogP contribution in [0.4, 0.5) is 0 Å². The fourth-order valence-electron chi connectivity index (χ4n) is 8.76. The number of allylic oxidation sites excluding steroid dienone is 22. The molecule has 0 heterocycles. The number of carbonyl (C=O) groups is 2. The summed E-state index contributed by atoms with van der Waals surface area (Å²) >= 11 is 0. The van der Waals surface area contributed by atoms with Crippen molar-refractivity contribution in [3.8, 4) is 0 Å². The molecule has 0 amide bonds. The average Bonchev–Trinajstić information content (AvgIpc) is 3.42. The second kappa shape index (κ2) is 65.3. The Morgan fingerprint density at radius 1 is 0.303 bits per heavy atom. The zero-order valence-electron chi connectivity index (χ0n) is 49.5. The second-order valence-electron chi connectivity index (χ2n) is 20.7. The van der Waals surface area contributed by atoms with Crippen molar-refractivity contribution in [1.29, 1.82) is 0 Å². The first-order chi connectivity index (χ1) is 37.6. The summed E-state index contributed by atoms with van der Waals surface area (Å²) in [5.74, 6) is -0.595. The molecule has 0 aliphatic heterocycles. The van der Waals surface area contributed by atoms with E-state index >= 15 is 0 Å². The topological polar surface area (TPSA) is 72.8 Å². The number of unbranched alkanes of at least 4 members (excludes halogenated alkanes) is 27. The third kappa shape index (κ3) is 62.6. The van der Waals surface area contributed by atoms with Crippen LogP contribution in [0.5, 0.6) is 0 Å². The SMILES string of the molecule is CC/C=C\C/C=C\C/C=C\C/C=C\C/C=C\C/C=C\CCCCCCCCCCCCCCCCCCCCC(=O)OC(CO)COC(=O)CCCCCCCCCCC/C=C\C/C=C\C/C=C\C/C=C\C/C=C\CC. The molecule has 5 nitrogen and oxygen atoms in total. The highest BCUT2D eigenvalue weighted by atomic mass is 16.6. The fraction of sp³-hybridized carbons (Fsp3) is 0.662. The molecule has 1 unspecified atom stereocenters. The fourth-order valence-corrected chi connectivity index (χ4v) is 8.76. The molecule has 0 aromatic carbocycles. The number of hydrogen-bond donors (Lipinski definition) is 1. The van der Waals surface area contributed by atoms with Crippen LogP contribution in [0, 0.1) is 0 Å². The molecular weight excluding hydrogens is 933 g/mol. The number of hydrogen-bond acceptors (Lipinski definition) is 5. The Bertz CT molecular complexity index is 1570. The molecule has 0 bridgehead atoms. The van der Waals surface area contributed by atoms with Gasteiger partial charge in [0.1, 0.15) is 6.61 Å². The van der Waals surface area contributed by atoms with E-state index in [0.717, 1.165) is 109 Å². The van der Waals surface area contributed by atoms with Gasteiger partial charge in [0.05, 0.1) is 6.61 Å². The number of carbonyl (C=O) groups excluding carboxylic acids is 2. The van der Waals surface area contributed by atoms with Crippen LogP contribution in [0.1, 0.15) is 284 Å². The van der Waals surface area contributed by atoms with Crippen LogP contribution >= 0.6 is 0 Å². The molecule has 76 heavy (non-hydrogen) atoms. The number of aliphatic hydroxyl groups is 1. The summed E-state index contributed by atoms with van der Waals surface area (Å²) < 4.78 is 10.7. The van der Waals surface area contributed by atoms with E-state index in [4.69, 9.17) is 9.47 Å². The van der Waals surface area contributed by atoms with Crippen molar-refractivity contribution >= 4 is 11.9 Å². The maximum atomic E-state index is 12.3. The molecule has 1 atom stereocenters. The first-order valence-electron chi connectivity index (χ1n) is 31.7. The highest BCUT2D eigenvalue weighted by molar-refractivity contribution is 5.70. The third-order valence-corrected chi connectivity index (χ3v) is 13.4. The number of esters is 2. The molecule has 0 aliphatic carbocycles. The van der Waals surface area contributed by atoms with E-state index in [2.05, 4.69) is 148 Å². The van der Waals surface area contributed by atoms with Crippen LogP contribution in [0.25, 0.3) is 0 Å². The Morgan fingerprint density at radius 3 is 0.789 bits per heavy atom. The Morgan fingerprint density at radius 2 is 0.526 bits per heavy atom. The van der Waals surface area contributed by atoms with E-state index in [1.165, 1.54) is 148 Å². The van der Waals surface area contributed by atoms with E-state index in [1.807, 2.05) is 0 Å². The normalized spacial score (nSPS) is 13.1. The quantitative estimate of drug-likeness (QED) is 0.0373. The lowest BCUT2D eigenvalue weighted by molar-refractivity contribution is -0.161. The lowest BCUT2D eigenvalue weighted by atomic mass is 10.0. The van der Waals surface area contributed by atoms with Gasteiger partial charge < -0.3 is 14.6 Å². The van der Waals surface area contributed by atoms with Gasteiger partial charge in [-0.15, -0.1) is 0 Å². The van der Waals surface area contributed by atoms with Gasteiger partial charge in [0.15, 0.2) is 6.10 Å². The van der Waals surface area contributed by atoms with Crippen molar-refractivity contribution < 1.29 is 24.2 Å². The predicted octanol–water partition coefficient (Wildman–Crippen LogP) is 22.0. The van der Waals surface area contributed by atoms with Crippen molar-refractivity contribution in [2.24, 2.45) is 0 Å². The Balaban J connectivity index is 3.49. The third-order valence-electron chi connectivity index (χ3n) is 13.4. The van der Waals surface area contributed by atoms with E-state index < -0.39 is 6.10 Å². The highest BCUT2D eigenvalue weighted by Crippen LogP contribution is 2.16. The van der Waals surface area contributed by atoms with Crippen LogP contribution < -0.4 is 0 Å². The average molecular weight is 1050 g/mol. The minimum absolute atomic E-state index is 0.0735. The van der Waals surface area contributed by atoms with Crippen LogP contribution in [0.3, 0.4) is 0 Å². The maximum Gasteiger partial charge on any atom is 0.306 e. The summed E-state index contributed by atoms with van der Waals surface area (Å²) in [6.07, 6.45) is 97.3. The molecule has 0 rings (SSSR count). The monoisotopic (exact) mass is 1050 g/mol. The predicted molar refractivity (Wildman–Crippen MR) is 334 cm³/mol. The van der Waals surface area contributed by atoms with Gasteiger partial charge in [0, 0.05) is 12.8 Å². The molecule has 0 radical (unpaired) electrons. The molecule has 1 N–H and O–H groups in total. The van der Waals surface area contributed by atoms with Gasteiger partial charge in [-0.3, -0.25) is 9.59 Å². The van der Waals surface area contributed by atoms with E-state index in [1.54, 1.807) is 0 Å². The van der Waals surface area contributed by atoms with Gasteiger partial charge in [-0.25, -0.2) is 0 Å². The molecule has 0 spiro atoms. The van der Waals surface area contributed by atoms with Crippen molar-refractivity contribution in [3.63, 3.8) is 0 Å². The van der Waals surface area contributed by atoms with E-state index in [0.29, 0.717) is 12.8 Å². The van der Waals surface area contributed by atoms with Crippen LogP contribution in [-0.4, -0.2) is 36.4 Å². The molecule has 0 fully saturated rings. The van der Waals surface area contributed by atoms with Gasteiger partial charge in [-0.05, 0) is 109 Å². The Hall–Kier alpha value is -3.96. The summed E-state index contributed by atoms with van der Waals surface area (Å²) in [6, 6.07) is 0. The minimum Gasteiger partial charge on any atom is -0.462 e. The van der Waals surface area contributed by atoms with Gasteiger partial charge in [-0.1, -0.05) is 295 Å². The first kappa shape index (κ1) is 72.0. The smallest absolute Gasteiger partial charge is 0.306 e. The molecule has 0 aliphatic rings. The van der Waals surface area contributed by atoms with Gasteiger partial charge in [-0.2, -0.15) is 0 Å². The van der Waals surface area contributed by atoms with Crippen molar-refractivity contribution in [2.45, 2.75) is 290 Å². The summed E-state index contributed by atoms with van der Waals surface area (Å²) in [5, 5.41) is 9.68. The lowest BCUT2D eigenvalue weighted by Gasteiger charge is -2.15. The zero-order chi connectivity index (χ0) is 54.8. The Labute approximate surface area is 470 Å². The van der Waals surface area contributed by atoms with Crippen LogP contribution in [0.15, 0.2) is 134 Å². The maximum absolute atomic E-state index is 12.3. The lowest BCUT2D eigenvalue weighted by Crippen LogP contribution is -2.28. The first-order valence-corrected chi connectivity index (χ1v) is 31.7. The van der Waals surface area contributed by atoms with E-state index in [-0.39, 0.29) is 25.2 Å². The molecule has 432 valence electrons. The molecule has 0 saturated heterocycles. The van der Waals surface area contributed by atoms with Crippen molar-refractivity contribution in [1.82, 2.24) is 0 Å². The summed E-state index contributed by atoms with van der Waals surface area (Å²) in [5.41, 5.74) is 0. The molecule has 0 saturated carbocycles. The Kier molecular flexibility index (Phi) is 61.9. The summed E-state index contributed by atoms with van der Waals surface area (Å²) in [6.45, 7) is 3.92. The largest absolute Gasteiger partial charge is 0.462 e. The van der Waals surface area contributed by atoms with Crippen LogP contribution in [0.2, 0.25) is 0 Å². The molecule has 5 heteroatoms. The standard InChI is InChI=1S/C71H118O5/c1-3-5-7-9-11-13-15-17-19-21-23-25-27-29-30-31-32-33-34-35-36-37-38-39-40-42-44-46-48-50-52-54-56-58-60-62-64-66-71(74)76-69(67-72)68-75-70(73)65-63-61-59-57-55-53-51-49-47-45-43-41-28-26-24-22-20-18-16-14-12-10-8-6-4-2/h5-8,11-14,17-20,23-26,29-30,32-33,41,43,69,72H,3-4,9-10,15-16,21-22,27-28,31,34-40,42,44-68H2,1-2H3/b7-5-,8-6-,13-11-,14-12-,19-17-,20-18-,25-23-,26-24-,30-29-,33-32-,43-41-. The highest BCUT2D eigenvalue weighted by Gasteiger charge is 2.16.